The van der Waals surface area contributed by atoms with Gasteiger partial charge in [-0.1, -0.05) is 39.0 Å². The largest absolute Gasteiger partial charge is 0.390 e. The molecule has 3 rings (SSSR count). The summed E-state index contributed by atoms with van der Waals surface area (Å²) in [5.41, 5.74) is 2.07. The number of alkyl halides is 3. The SMILES string of the molecule is Cc1cccc2c1-n1c(cc[n+]1C)C(C)(CC(F)(F)F)C2(C)C. The molecule has 0 N–H and O–H groups in total. The molecule has 5 heteroatoms. The standard InChI is InChI=1S/C18H22F3N2/c1-12-7-6-8-13-15(12)23-14(9-10-22(23)5)17(4,16(13,2)3)11-18(19,20)21/h6-10H,11H2,1-5H3/q+1. The quantitative estimate of drug-likeness (QED) is 0.698. The van der Waals surface area contributed by atoms with Gasteiger partial charge in [0.1, 0.15) is 5.69 Å². The molecule has 0 saturated heterocycles. The molecule has 1 atom stereocenters. The van der Waals surface area contributed by atoms with E-state index in [0.29, 0.717) is 5.69 Å². The topological polar surface area (TPSA) is 8.81 Å². The molecule has 2 nitrogen and oxygen atoms in total. The van der Waals surface area contributed by atoms with Crippen LogP contribution in [0.1, 0.15) is 44.0 Å². The first-order chi connectivity index (χ1) is 10.5. The van der Waals surface area contributed by atoms with Crippen molar-refractivity contribution in [2.45, 2.75) is 51.1 Å². The van der Waals surface area contributed by atoms with Gasteiger partial charge in [-0.15, -0.1) is 9.36 Å². The molecule has 2 heterocycles. The van der Waals surface area contributed by atoms with E-state index >= 15 is 0 Å². The van der Waals surface area contributed by atoms with Gasteiger partial charge in [0, 0.05) is 16.9 Å². The average Bonchev–Trinajstić information content (AvgIpc) is 2.77. The van der Waals surface area contributed by atoms with Crippen LogP contribution in [0.4, 0.5) is 13.2 Å². The minimum absolute atomic E-state index is 0.634. The number of hydrogen-bond donors (Lipinski definition) is 0. The van der Waals surface area contributed by atoms with E-state index in [4.69, 9.17) is 0 Å². The zero-order valence-electron chi connectivity index (χ0n) is 14.1. The lowest BCUT2D eigenvalue weighted by atomic mass is 9.57. The molecule has 1 unspecified atom stereocenters. The third kappa shape index (κ3) is 2.12. The molecule has 1 aliphatic rings. The van der Waals surface area contributed by atoms with Crippen LogP contribution < -0.4 is 4.68 Å². The van der Waals surface area contributed by atoms with Crippen LogP contribution in [-0.2, 0) is 17.9 Å². The monoisotopic (exact) mass is 323 g/mol. The Kier molecular flexibility index (Phi) is 3.23. The van der Waals surface area contributed by atoms with Gasteiger partial charge in [0.15, 0.2) is 13.2 Å². The summed E-state index contributed by atoms with van der Waals surface area (Å²) in [5.74, 6) is 0. The molecular formula is C18H22F3N2+. The van der Waals surface area contributed by atoms with E-state index in [9.17, 15) is 13.2 Å². The van der Waals surface area contributed by atoms with Gasteiger partial charge in [-0.2, -0.15) is 13.2 Å². The zero-order chi connectivity index (χ0) is 17.2. The summed E-state index contributed by atoms with van der Waals surface area (Å²) in [6.07, 6.45) is -3.23. The third-order valence-corrected chi connectivity index (χ3v) is 5.61. The summed E-state index contributed by atoms with van der Waals surface area (Å²) in [6.45, 7) is 7.59. The van der Waals surface area contributed by atoms with Crippen LogP contribution in [0, 0.1) is 6.92 Å². The third-order valence-electron chi connectivity index (χ3n) is 5.61. The lowest BCUT2D eigenvalue weighted by molar-refractivity contribution is -0.745. The van der Waals surface area contributed by atoms with Gasteiger partial charge in [-0.3, -0.25) is 0 Å². The van der Waals surface area contributed by atoms with Crippen molar-refractivity contribution in [1.29, 1.82) is 0 Å². The van der Waals surface area contributed by atoms with Crippen LogP contribution in [-0.4, -0.2) is 10.9 Å². The maximum atomic E-state index is 13.4. The lowest BCUT2D eigenvalue weighted by Crippen LogP contribution is -2.54. The number of hydrogen-bond acceptors (Lipinski definition) is 0. The number of aromatic nitrogens is 2. The van der Waals surface area contributed by atoms with Gasteiger partial charge < -0.3 is 0 Å². The summed E-state index contributed by atoms with van der Waals surface area (Å²) in [7, 11) is 1.87. The first-order valence-corrected chi connectivity index (χ1v) is 7.74. The zero-order valence-corrected chi connectivity index (χ0v) is 14.1. The first-order valence-electron chi connectivity index (χ1n) is 7.74. The summed E-state index contributed by atoms with van der Waals surface area (Å²) in [4.78, 5) is 0. The Bertz CT molecular complexity index is 771. The second kappa shape index (κ2) is 4.62. The van der Waals surface area contributed by atoms with Crippen molar-refractivity contribution >= 4 is 0 Å². The van der Waals surface area contributed by atoms with Crippen LogP contribution in [0.2, 0.25) is 0 Å². The van der Waals surface area contributed by atoms with Crippen molar-refractivity contribution in [3.63, 3.8) is 0 Å². The van der Waals surface area contributed by atoms with Crippen molar-refractivity contribution < 1.29 is 17.9 Å². The fraction of sp³-hybridized carbons (Fsp3) is 0.500. The van der Waals surface area contributed by atoms with Gasteiger partial charge in [0.05, 0.1) is 12.1 Å². The van der Waals surface area contributed by atoms with Crippen molar-refractivity contribution in [2.75, 3.05) is 0 Å². The number of rotatable bonds is 1. The van der Waals surface area contributed by atoms with E-state index in [1.807, 2.05) is 67.6 Å². The number of para-hydroxylation sites is 1. The average molecular weight is 323 g/mol. The first kappa shape index (κ1) is 16.1. The van der Waals surface area contributed by atoms with E-state index in [0.717, 1.165) is 16.8 Å². The highest BCUT2D eigenvalue weighted by Gasteiger charge is 2.56. The van der Waals surface area contributed by atoms with Gasteiger partial charge in [0.2, 0.25) is 0 Å². The lowest BCUT2D eigenvalue weighted by Gasteiger charge is -2.48. The molecule has 0 amide bonds. The normalized spacial score (nSPS) is 22.6. The van der Waals surface area contributed by atoms with Crippen molar-refractivity contribution in [3.05, 3.63) is 47.3 Å². The minimum Gasteiger partial charge on any atom is -0.171 e. The Morgan fingerprint density at radius 2 is 1.78 bits per heavy atom. The summed E-state index contributed by atoms with van der Waals surface area (Å²) in [6, 6.07) is 7.71. The number of benzene rings is 1. The number of aryl methyl sites for hydroxylation is 2. The molecular weight excluding hydrogens is 301 g/mol. The summed E-state index contributed by atoms with van der Waals surface area (Å²) >= 11 is 0. The van der Waals surface area contributed by atoms with E-state index in [1.165, 1.54) is 0 Å². The number of halogens is 3. The molecule has 0 fully saturated rings. The maximum absolute atomic E-state index is 13.4. The Morgan fingerprint density at radius 3 is 2.39 bits per heavy atom. The van der Waals surface area contributed by atoms with Crippen molar-refractivity contribution in [2.24, 2.45) is 7.05 Å². The summed E-state index contributed by atoms with van der Waals surface area (Å²) in [5, 5.41) is 0. The van der Waals surface area contributed by atoms with Crippen LogP contribution >= 0.6 is 0 Å². The van der Waals surface area contributed by atoms with Gasteiger partial charge in [-0.25, -0.2) is 0 Å². The molecule has 1 aromatic heterocycles. The molecule has 0 radical (unpaired) electrons. The summed E-state index contributed by atoms with van der Waals surface area (Å²) < 4.78 is 43.9. The highest BCUT2D eigenvalue weighted by molar-refractivity contribution is 5.56. The van der Waals surface area contributed by atoms with Crippen LogP contribution in [0.15, 0.2) is 30.5 Å². The van der Waals surface area contributed by atoms with Crippen LogP contribution in [0.5, 0.6) is 0 Å². The predicted molar refractivity (Wildman–Crippen MR) is 82.7 cm³/mol. The van der Waals surface area contributed by atoms with Gasteiger partial charge >= 0.3 is 6.18 Å². The second-order valence-corrected chi connectivity index (χ2v) is 7.31. The highest BCUT2D eigenvalue weighted by atomic mass is 19.4. The molecule has 0 saturated carbocycles. The predicted octanol–water partition coefficient (Wildman–Crippen LogP) is 4.11. The molecule has 23 heavy (non-hydrogen) atoms. The molecule has 124 valence electrons. The molecule has 0 bridgehead atoms. The van der Waals surface area contributed by atoms with Crippen molar-refractivity contribution in [3.8, 4) is 5.69 Å². The fourth-order valence-electron chi connectivity index (χ4n) is 3.96. The molecule has 0 aliphatic carbocycles. The minimum atomic E-state index is -4.22. The molecule has 1 aromatic carbocycles. The maximum Gasteiger partial charge on any atom is 0.390 e. The van der Waals surface area contributed by atoms with E-state index < -0.39 is 23.4 Å². The van der Waals surface area contributed by atoms with Gasteiger partial charge in [0.25, 0.3) is 0 Å². The van der Waals surface area contributed by atoms with Gasteiger partial charge in [-0.05, 0) is 18.1 Å². The van der Waals surface area contributed by atoms with Crippen molar-refractivity contribution in [1.82, 2.24) is 4.68 Å². The van der Waals surface area contributed by atoms with Crippen LogP contribution in [0.3, 0.4) is 0 Å². The van der Waals surface area contributed by atoms with E-state index in [-0.39, 0.29) is 0 Å². The molecule has 2 aromatic rings. The Hall–Kier alpha value is -1.78. The number of nitrogens with zero attached hydrogens (tertiary/aromatic N) is 2. The van der Waals surface area contributed by atoms with E-state index in [2.05, 4.69) is 0 Å². The smallest absolute Gasteiger partial charge is 0.171 e. The second-order valence-electron chi connectivity index (χ2n) is 7.31. The molecule has 0 spiro atoms. The molecule has 1 aliphatic heterocycles. The number of fused-ring (bicyclic) bond motifs is 3. The Morgan fingerprint density at radius 1 is 1.13 bits per heavy atom. The highest BCUT2D eigenvalue weighted by Crippen LogP contribution is 2.54. The van der Waals surface area contributed by atoms with E-state index in [1.54, 1.807) is 6.92 Å². The van der Waals surface area contributed by atoms with Crippen LogP contribution in [0.25, 0.3) is 5.69 Å². The Labute approximate surface area is 134 Å². The Balaban J connectivity index is 2.38. The fourth-order valence-corrected chi connectivity index (χ4v) is 3.96.